The van der Waals surface area contributed by atoms with Crippen LogP contribution in [0.1, 0.15) is 26.2 Å². The van der Waals surface area contributed by atoms with E-state index in [1.54, 1.807) is 0 Å². The number of unbranched alkanes of at least 4 members (excludes halogenated alkanes) is 2. The summed E-state index contributed by atoms with van der Waals surface area (Å²) in [5.41, 5.74) is 2.73. The normalized spacial score (nSPS) is 6.33. The first kappa shape index (κ1) is 11.1. The average molecular weight is 124 g/mol. The summed E-state index contributed by atoms with van der Waals surface area (Å²) in [5, 5.41) is 0. The molecule has 52 valence electrons. The maximum absolute atomic E-state index is 3.45. The smallest absolute Gasteiger partial charge is 0.0275 e. The largest absolute Gasteiger partial charge is 0.133 e. The van der Waals surface area contributed by atoms with Gasteiger partial charge in [0.2, 0.25) is 0 Å². The molecule has 0 spiro atoms. The first-order chi connectivity index (χ1) is 4.41. The minimum absolute atomic E-state index is 1.14. The number of rotatable bonds is 3. The van der Waals surface area contributed by atoms with Crippen LogP contribution in [-0.2, 0) is 0 Å². The molecule has 0 N–H and O–H groups in total. The molecule has 0 aliphatic heterocycles. The van der Waals surface area contributed by atoms with Gasteiger partial charge in [-0.05, 0) is 18.9 Å². The lowest BCUT2D eigenvalue weighted by Gasteiger charge is -1.81. The van der Waals surface area contributed by atoms with Crippen LogP contribution >= 0.6 is 0 Å². The molecule has 0 nitrogen and oxygen atoms in total. The third kappa shape index (κ3) is 18.9. The monoisotopic (exact) mass is 124 g/mol. The number of allylic oxidation sites excluding steroid dienone is 1. The van der Waals surface area contributed by atoms with Crippen LogP contribution in [0, 0.1) is 0 Å². The first-order valence-electron chi connectivity index (χ1n) is 3.26. The zero-order valence-corrected chi connectivity index (χ0v) is 6.32. The van der Waals surface area contributed by atoms with Gasteiger partial charge >= 0.3 is 0 Å². The van der Waals surface area contributed by atoms with E-state index in [0.29, 0.717) is 0 Å². The highest BCUT2D eigenvalue weighted by molar-refractivity contribution is 4.74. The van der Waals surface area contributed by atoms with Crippen molar-refractivity contribution < 1.29 is 0 Å². The van der Waals surface area contributed by atoms with Crippen LogP contribution in [0.15, 0.2) is 31.5 Å². The fraction of sp³-hybridized carbons (Fsp3) is 0.444. The van der Waals surface area contributed by atoms with Crippen molar-refractivity contribution in [2.45, 2.75) is 26.2 Å². The van der Waals surface area contributed by atoms with Gasteiger partial charge in [-0.3, -0.25) is 0 Å². The van der Waals surface area contributed by atoms with Gasteiger partial charge in [-0.25, -0.2) is 0 Å². The molecule has 0 fully saturated rings. The minimum Gasteiger partial charge on any atom is -0.133 e. The zero-order valence-electron chi connectivity index (χ0n) is 6.32. The van der Waals surface area contributed by atoms with Gasteiger partial charge in [-0.15, -0.1) is 18.9 Å². The lowest BCUT2D eigenvalue weighted by atomic mass is 10.2. The quantitative estimate of drug-likeness (QED) is 0.307. The topological polar surface area (TPSA) is 0 Å². The van der Waals surface area contributed by atoms with Crippen molar-refractivity contribution in [1.82, 2.24) is 0 Å². The van der Waals surface area contributed by atoms with Crippen LogP contribution < -0.4 is 0 Å². The van der Waals surface area contributed by atoms with Crippen molar-refractivity contribution in [3.05, 3.63) is 31.5 Å². The van der Waals surface area contributed by atoms with E-state index in [1.165, 1.54) is 12.8 Å². The van der Waals surface area contributed by atoms with Gasteiger partial charge in [0.05, 0.1) is 0 Å². The summed E-state index contributed by atoms with van der Waals surface area (Å²) in [6.45, 7) is 11.6. The molecule has 0 aromatic heterocycles. The molecule has 0 aromatic carbocycles. The zero-order chi connectivity index (χ0) is 7.54. The summed E-state index contributed by atoms with van der Waals surface area (Å²) >= 11 is 0. The molecule has 0 saturated carbocycles. The van der Waals surface area contributed by atoms with E-state index in [9.17, 15) is 0 Å². The Morgan fingerprint density at radius 3 is 2.33 bits per heavy atom. The second kappa shape index (κ2) is 15.7. The highest BCUT2D eigenvalue weighted by atomic mass is 13.8. The lowest BCUT2D eigenvalue weighted by Crippen LogP contribution is -1.62. The van der Waals surface area contributed by atoms with Gasteiger partial charge < -0.3 is 0 Å². The molecule has 0 rings (SSSR count). The maximum atomic E-state index is 3.45. The van der Waals surface area contributed by atoms with E-state index in [-0.39, 0.29) is 0 Å². The van der Waals surface area contributed by atoms with Crippen LogP contribution in [0.25, 0.3) is 0 Å². The van der Waals surface area contributed by atoms with Gasteiger partial charge in [0.25, 0.3) is 0 Å². The van der Waals surface area contributed by atoms with E-state index in [1.807, 2.05) is 6.08 Å². The van der Waals surface area contributed by atoms with Crippen LogP contribution in [-0.4, -0.2) is 0 Å². The third-order valence-corrected chi connectivity index (χ3v) is 0.846. The van der Waals surface area contributed by atoms with Gasteiger partial charge in [0, 0.05) is 0 Å². The highest BCUT2D eigenvalue weighted by Crippen LogP contribution is 1.92. The number of hydrogen-bond donors (Lipinski definition) is 0. The predicted molar refractivity (Wildman–Crippen MR) is 44.5 cm³/mol. The summed E-state index contributed by atoms with van der Waals surface area (Å²) in [5.74, 6) is 0. The second-order valence-electron chi connectivity index (χ2n) is 1.55. The highest BCUT2D eigenvalue weighted by Gasteiger charge is 1.72. The Morgan fingerprint density at radius 1 is 1.44 bits per heavy atom. The number of hydrogen-bond acceptors (Lipinski definition) is 0. The van der Waals surface area contributed by atoms with Gasteiger partial charge in [0.15, 0.2) is 0 Å². The molecule has 9 heavy (non-hydrogen) atoms. The fourth-order valence-corrected chi connectivity index (χ4v) is 0.408. The van der Waals surface area contributed by atoms with Crippen LogP contribution in [0.3, 0.4) is 0 Å². The Labute approximate surface area is 58.6 Å². The van der Waals surface area contributed by atoms with Crippen LogP contribution in [0.2, 0.25) is 0 Å². The summed E-state index contributed by atoms with van der Waals surface area (Å²) in [4.78, 5) is 0. The molecule has 0 aromatic rings. The molecular weight excluding hydrogens is 108 g/mol. The third-order valence-electron chi connectivity index (χ3n) is 0.846. The van der Waals surface area contributed by atoms with Crippen molar-refractivity contribution in [3.63, 3.8) is 0 Å². The summed E-state index contributed by atoms with van der Waals surface area (Å²) < 4.78 is 0. The minimum atomic E-state index is 1.14. The van der Waals surface area contributed by atoms with E-state index in [2.05, 4.69) is 32.4 Å². The molecule has 0 bridgehead atoms. The van der Waals surface area contributed by atoms with Gasteiger partial charge in [-0.1, -0.05) is 19.9 Å². The summed E-state index contributed by atoms with van der Waals surface area (Å²) in [7, 11) is 0. The van der Waals surface area contributed by atoms with E-state index < -0.39 is 0 Å². The van der Waals surface area contributed by atoms with Crippen molar-refractivity contribution in [2.75, 3.05) is 0 Å². The lowest BCUT2D eigenvalue weighted by molar-refractivity contribution is 0.815. The van der Waals surface area contributed by atoms with E-state index in [4.69, 9.17) is 0 Å². The Kier molecular flexibility index (Phi) is 19.4. The molecule has 0 saturated heterocycles. The fourth-order valence-electron chi connectivity index (χ4n) is 0.408. The molecule has 0 heteroatoms. The predicted octanol–water partition coefficient (Wildman–Crippen LogP) is 3.32. The van der Waals surface area contributed by atoms with Crippen LogP contribution in [0.5, 0.6) is 0 Å². The second-order valence-corrected chi connectivity index (χ2v) is 1.55. The SMILES string of the molecule is C=C.C=C=CCCCC. The molecule has 0 atom stereocenters. The summed E-state index contributed by atoms with van der Waals surface area (Å²) in [6.07, 6.45) is 5.64. The molecule has 0 aliphatic rings. The molecule has 0 aliphatic carbocycles. The summed E-state index contributed by atoms with van der Waals surface area (Å²) in [6, 6.07) is 0. The molecular formula is C9H16. The van der Waals surface area contributed by atoms with Crippen molar-refractivity contribution in [1.29, 1.82) is 0 Å². The van der Waals surface area contributed by atoms with Gasteiger partial charge in [0.1, 0.15) is 0 Å². The molecule has 0 unspecified atom stereocenters. The Bertz CT molecular complexity index is 76.0. The van der Waals surface area contributed by atoms with E-state index in [0.717, 1.165) is 6.42 Å². The molecule has 0 radical (unpaired) electrons. The van der Waals surface area contributed by atoms with Crippen LogP contribution in [0.4, 0.5) is 0 Å². The Balaban J connectivity index is 0. The van der Waals surface area contributed by atoms with Gasteiger partial charge in [-0.2, -0.15) is 0 Å². The van der Waals surface area contributed by atoms with E-state index >= 15 is 0 Å². The maximum Gasteiger partial charge on any atom is -0.0275 e. The standard InChI is InChI=1S/C7H12.C2H4/c1-3-5-7-6-4-2;1-2/h5H,1,4,6-7H2,2H3;1-2H2. The average Bonchev–Trinajstić information content (AvgIpc) is 1.94. The van der Waals surface area contributed by atoms with Crippen molar-refractivity contribution in [3.8, 4) is 0 Å². The van der Waals surface area contributed by atoms with Crippen molar-refractivity contribution in [2.24, 2.45) is 0 Å². The Hall–Kier alpha value is -0.740. The first-order valence-corrected chi connectivity index (χ1v) is 3.26. The molecule has 0 amide bonds. The Morgan fingerprint density at radius 2 is 2.00 bits per heavy atom. The van der Waals surface area contributed by atoms with Crippen molar-refractivity contribution >= 4 is 0 Å². The molecule has 0 heterocycles.